The summed E-state index contributed by atoms with van der Waals surface area (Å²) in [5.41, 5.74) is -2.17. The maximum absolute atomic E-state index is 12.1. The van der Waals surface area contributed by atoms with Gasteiger partial charge in [0.25, 0.3) is 0 Å². The molecule has 5 heteroatoms. The Labute approximate surface area is 121 Å². The second-order valence-corrected chi connectivity index (χ2v) is 6.37. The summed E-state index contributed by atoms with van der Waals surface area (Å²) in [6.45, 7) is 10.8. The van der Waals surface area contributed by atoms with Crippen LogP contribution in [0, 0.1) is 28.6 Å². The number of ether oxygens (including phenoxy) is 2. The van der Waals surface area contributed by atoms with Crippen LogP contribution in [0.4, 0.5) is 0 Å². The number of carbonyl (C=O) groups excluding carboxylic acids is 2. The van der Waals surface area contributed by atoms with Gasteiger partial charge in [0.05, 0.1) is 19.6 Å². The molecule has 5 nitrogen and oxygen atoms in total. The minimum absolute atomic E-state index is 0.0520. The van der Waals surface area contributed by atoms with Gasteiger partial charge in [-0.05, 0) is 32.6 Å². The summed E-state index contributed by atoms with van der Waals surface area (Å²) in [5.74, 6) is -1.53. The van der Waals surface area contributed by atoms with E-state index in [0.717, 1.165) is 0 Å². The summed E-state index contributed by atoms with van der Waals surface area (Å²) in [7, 11) is 1.22. The quantitative estimate of drug-likeness (QED) is 0.725. The Balaban J connectivity index is 5.40. The second kappa shape index (κ2) is 6.74. The maximum Gasteiger partial charge on any atom is 0.327 e. The molecule has 0 aliphatic heterocycles. The Bertz CT molecular complexity index is 403. The van der Waals surface area contributed by atoms with Gasteiger partial charge >= 0.3 is 11.9 Å². The molecule has 0 amide bonds. The predicted molar refractivity (Wildman–Crippen MR) is 74.5 cm³/mol. The standard InChI is InChI=1S/C15H25NO4/c1-10(2)11(3)15(9-16,13(18)19-7)8-12(17)20-14(4,5)6/h10-11H,8H2,1-7H3. The van der Waals surface area contributed by atoms with E-state index >= 15 is 0 Å². The van der Waals surface area contributed by atoms with Crippen molar-refractivity contribution in [2.24, 2.45) is 17.3 Å². The van der Waals surface area contributed by atoms with Gasteiger partial charge in [0, 0.05) is 0 Å². The van der Waals surface area contributed by atoms with Crippen LogP contribution in [0.15, 0.2) is 0 Å². The average Bonchev–Trinajstić information content (AvgIpc) is 2.31. The number of hydrogen-bond acceptors (Lipinski definition) is 5. The van der Waals surface area contributed by atoms with Crippen LogP contribution in [0.2, 0.25) is 0 Å². The predicted octanol–water partition coefficient (Wildman–Crippen LogP) is 2.69. The number of methoxy groups -OCH3 is 1. The Morgan fingerprint density at radius 3 is 2.00 bits per heavy atom. The van der Waals surface area contributed by atoms with Crippen LogP contribution >= 0.6 is 0 Å². The lowest BCUT2D eigenvalue weighted by Gasteiger charge is -2.32. The third kappa shape index (κ3) is 4.52. The Kier molecular flexibility index (Phi) is 6.21. The van der Waals surface area contributed by atoms with Crippen LogP contribution in [0.3, 0.4) is 0 Å². The molecule has 2 unspecified atom stereocenters. The number of nitrogens with zero attached hydrogens (tertiary/aromatic N) is 1. The molecule has 0 saturated heterocycles. The van der Waals surface area contributed by atoms with Crippen LogP contribution < -0.4 is 0 Å². The molecule has 0 N–H and O–H groups in total. The molecule has 0 aliphatic carbocycles. The van der Waals surface area contributed by atoms with Crippen molar-refractivity contribution in [2.45, 2.75) is 53.6 Å². The molecule has 0 bridgehead atoms. The molecular weight excluding hydrogens is 258 g/mol. The lowest BCUT2D eigenvalue weighted by atomic mass is 9.70. The zero-order valence-corrected chi connectivity index (χ0v) is 13.4. The van der Waals surface area contributed by atoms with Crippen molar-refractivity contribution in [3.8, 4) is 6.07 Å². The van der Waals surface area contributed by atoms with Crippen molar-refractivity contribution in [3.05, 3.63) is 0 Å². The number of rotatable bonds is 5. The molecule has 0 saturated carbocycles. The molecular formula is C15H25NO4. The number of carbonyl (C=O) groups is 2. The first-order valence-corrected chi connectivity index (χ1v) is 6.71. The zero-order chi connectivity index (χ0) is 16.1. The molecule has 0 aromatic carbocycles. The van der Waals surface area contributed by atoms with Crippen molar-refractivity contribution in [1.29, 1.82) is 5.26 Å². The summed E-state index contributed by atoms with van der Waals surface area (Å²) in [5, 5.41) is 9.49. The first-order chi connectivity index (χ1) is 9.00. The Hall–Kier alpha value is -1.57. The highest BCUT2D eigenvalue weighted by Gasteiger charge is 2.49. The molecule has 0 radical (unpaired) electrons. The first kappa shape index (κ1) is 18.4. The number of esters is 2. The van der Waals surface area contributed by atoms with Crippen molar-refractivity contribution in [3.63, 3.8) is 0 Å². The van der Waals surface area contributed by atoms with Gasteiger partial charge in [-0.3, -0.25) is 9.59 Å². The van der Waals surface area contributed by atoms with Gasteiger partial charge < -0.3 is 9.47 Å². The van der Waals surface area contributed by atoms with Crippen LogP contribution in [0.25, 0.3) is 0 Å². The van der Waals surface area contributed by atoms with Gasteiger partial charge in [0.1, 0.15) is 5.60 Å². The van der Waals surface area contributed by atoms with Crippen molar-refractivity contribution in [1.82, 2.24) is 0 Å². The number of hydrogen-bond donors (Lipinski definition) is 0. The first-order valence-electron chi connectivity index (χ1n) is 6.71. The monoisotopic (exact) mass is 283 g/mol. The molecule has 0 spiro atoms. The summed E-state index contributed by atoms with van der Waals surface area (Å²) >= 11 is 0. The lowest BCUT2D eigenvalue weighted by Crippen LogP contribution is -2.42. The van der Waals surface area contributed by atoms with Crippen molar-refractivity contribution < 1.29 is 19.1 Å². The fraction of sp³-hybridized carbons (Fsp3) is 0.800. The molecule has 0 heterocycles. The summed E-state index contributed by atoms with van der Waals surface area (Å²) < 4.78 is 9.96. The van der Waals surface area contributed by atoms with Crippen molar-refractivity contribution >= 4 is 11.9 Å². The topological polar surface area (TPSA) is 76.4 Å². The van der Waals surface area contributed by atoms with E-state index in [0.29, 0.717) is 0 Å². The van der Waals surface area contributed by atoms with Crippen LogP contribution in [0.5, 0.6) is 0 Å². The molecule has 0 fully saturated rings. The van der Waals surface area contributed by atoms with Crippen LogP contribution in [0.1, 0.15) is 48.0 Å². The summed E-state index contributed by atoms with van der Waals surface area (Å²) in [4.78, 5) is 24.1. The normalized spacial score (nSPS) is 15.9. The minimum atomic E-state index is -1.51. The molecule has 0 aliphatic rings. The summed E-state index contributed by atoms with van der Waals surface area (Å²) in [6, 6.07) is 1.99. The summed E-state index contributed by atoms with van der Waals surface area (Å²) in [6.07, 6.45) is -0.299. The third-order valence-electron chi connectivity index (χ3n) is 3.37. The molecule has 114 valence electrons. The number of nitriles is 1. The van der Waals surface area contributed by atoms with Gasteiger partial charge in [-0.25, -0.2) is 0 Å². The van der Waals surface area contributed by atoms with E-state index in [9.17, 15) is 14.9 Å². The molecule has 0 rings (SSSR count). The molecule has 2 atom stereocenters. The lowest BCUT2D eigenvalue weighted by molar-refractivity contribution is -0.166. The van der Waals surface area contributed by atoms with E-state index in [1.54, 1.807) is 27.7 Å². The van der Waals surface area contributed by atoms with Crippen LogP contribution in [-0.2, 0) is 19.1 Å². The van der Waals surface area contributed by atoms with Gasteiger partial charge in [-0.15, -0.1) is 0 Å². The van der Waals surface area contributed by atoms with E-state index in [2.05, 4.69) is 0 Å². The van der Waals surface area contributed by atoms with Crippen molar-refractivity contribution in [2.75, 3.05) is 7.11 Å². The minimum Gasteiger partial charge on any atom is -0.468 e. The Morgan fingerprint density at radius 2 is 1.70 bits per heavy atom. The highest BCUT2D eigenvalue weighted by Crippen LogP contribution is 2.38. The van der Waals surface area contributed by atoms with E-state index in [4.69, 9.17) is 9.47 Å². The van der Waals surface area contributed by atoms with E-state index in [1.165, 1.54) is 7.11 Å². The molecule has 0 aromatic rings. The van der Waals surface area contributed by atoms with E-state index in [-0.39, 0.29) is 18.3 Å². The average molecular weight is 283 g/mol. The fourth-order valence-electron chi connectivity index (χ4n) is 1.96. The molecule has 0 aromatic heterocycles. The van der Waals surface area contributed by atoms with Gasteiger partial charge in [0.2, 0.25) is 0 Å². The van der Waals surface area contributed by atoms with E-state index < -0.39 is 23.0 Å². The van der Waals surface area contributed by atoms with Gasteiger partial charge in [-0.1, -0.05) is 20.8 Å². The van der Waals surface area contributed by atoms with E-state index in [1.807, 2.05) is 19.9 Å². The Morgan fingerprint density at radius 1 is 1.20 bits per heavy atom. The van der Waals surface area contributed by atoms with Crippen LogP contribution in [-0.4, -0.2) is 24.6 Å². The highest BCUT2D eigenvalue weighted by atomic mass is 16.6. The molecule has 20 heavy (non-hydrogen) atoms. The van der Waals surface area contributed by atoms with Gasteiger partial charge in [0.15, 0.2) is 5.41 Å². The fourth-order valence-corrected chi connectivity index (χ4v) is 1.96. The SMILES string of the molecule is COC(=O)C(C#N)(CC(=O)OC(C)(C)C)C(C)C(C)C. The van der Waals surface area contributed by atoms with Gasteiger partial charge in [-0.2, -0.15) is 5.26 Å². The highest BCUT2D eigenvalue weighted by molar-refractivity contribution is 5.86. The smallest absolute Gasteiger partial charge is 0.327 e. The zero-order valence-electron chi connectivity index (χ0n) is 13.4. The largest absolute Gasteiger partial charge is 0.468 e. The second-order valence-electron chi connectivity index (χ2n) is 6.37. The maximum atomic E-state index is 12.1. The third-order valence-corrected chi connectivity index (χ3v) is 3.37.